The predicted octanol–water partition coefficient (Wildman–Crippen LogP) is 5.89. The molecule has 0 aromatic heterocycles. The standard InChI is InChI=1S/C27H28ClNO6S/c1-5-6-20-11-19(12-22(33-4)25(20)35-16-18-7-9-21(28)10-8-18)13-23-26(31)29(27(32)36-23)14-24(30)34-15-17(2)3/h5,7-13,17H,1,6,14-16H2,2-4H3/b23-13-. The van der Waals surface area contributed by atoms with E-state index in [1.165, 1.54) is 7.11 Å². The quantitative estimate of drug-likeness (QED) is 0.204. The van der Waals surface area contributed by atoms with E-state index in [9.17, 15) is 14.4 Å². The number of methoxy groups -OCH3 is 1. The zero-order valence-electron chi connectivity index (χ0n) is 20.4. The Morgan fingerprint density at radius 3 is 2.56 bits per heavy atom. The average Bonchev–Trinajstić information content (AvgIpc) is 3.10. The van der Waals surface area contributed by atoms with Crippen molar-refractivity contribution in [2.24, 2.45) is 5.92 Å². The van der Waals surface area contributed by atoms with Gasteiger partial charge in [-0.1, -0.05) is 43.7 Å². The van der Waals surface area contributed by atoms with E-state index in [1.54, 1.807) is 30.4 Å². The van der Waals surface area contributed by atoms with E-state index in [2.05, 4.69) is 6.58 Å². The molecule has 0 aliphatic carbocycles. The predicted molar refractivity (Wildman–Crippen MR) is 141 cm³/mol. The summed E-state index contributed by atoms with van der Waals surface area (Å²) in [6, 6.07) is 10.9. The van der Waals surface area contributed by atoms with Gasteiger partial charge >= 0.3 is 5.97 Å². The molecule has 0 spiro atoms. The van der Waals surface area contributed by atoms with Crippen molar-refractivity contribution in [3.8, 4) is 11.5 Å². The van der Waals surface area contributed by atoms with Crippen molar-refractivity contribution in [3.63, 3.8) is 0 Å². The molecule has 9 heteroatoms. The second kappa shape index (κ2) is 12.6. The minimum Gasteiger partial charge on any atom is -0.493 e. The zero-order valence-corrected chi connectivity index (χ0v) is 22.0. The summed E-state index contributed by atoms with van der Waals surface area (Å²) >= 11 is 6.73. The number of nitrogens with zero attached hydrogens (tertiary/aromatic N) is 1. The van der Waals surface area contributed by atoms with Crippen LogP contribution in [0.4, 0.5) is 4.79 Å². The molecule has 0 bridgehead atoms. The van der Waals surface area contributed by atoms with Crippen LogP contribution in [-0.4, -0.2) is 42.3 Å². The molecule has 190 valence electrons. The number of benzene rings is 2. The fraction of sp³-hybridized carbons (Fsp3) is 0.296. The molecular formula is C27H28ClNO6S. The summed E-state index contributed by atoms with van der Waals surface area (Å²) in [5.41, 5.74) is 2.40. The lowest BCUT2D eigenvalue weighted by molar-refractivity contribution is -0.147. The van der Waals surface area contributed by atoms with Crippen molar-refractivity contribution < 1.29 is 28.6 Å². The smallest absolute Gasteiger partial charge is 0.326 e. The molecule has 2 aromatic carbocycles. The molecule has 2 amide bonds. The molecule has 0 atom stereocenters. The molecular weight excluding hydrogens is 502 g/mol. The summed E-state index contributed by atoms with van der Waals surface area (Å²) in [7, 11) is 1.53. The Labute approximate surface area is 220 Å². The van der Waals surface area contributed by atoms with Gasteiger partial charge in [0.25, 0.3) is 11.1 Å². The number of hydrogen-bond acceptors (Lipinski definition) is 7. The van der Waals surface area contributed by atoms with Gasteiger partial charge in [0.2, 0.25) is 0 Å². The van der Waals surface area contributed by atoms with Gasteiger partial charge < -0.3 is 14.2 Å². The molecule has 1 fully saturated rings. The van der Waals surface area contributed by atoms with Crippen LogP contribution in [-0.2, 0) is 27.4 Å². The highest BCUT2D eigenvalue weighted by atomic mass is 35.5. The first-order valence-electron chi connectivity index (χ1n) is 11.3. The Hall–Kier alpha value is -3.23. The highest BCUT2D eigenvalue weighted by Crippen LogP contribution is 2.37. The van der Waals surface area contributed by atoms with E-state index < -0.39 is 23.7 Å². The Kier molecular flexibility index (Phi) is 9.61. The molecule has 2 aromatic rings. The molecule has 1 aliphatic rings. The van der Waals surface area contributed by atoms with Crippen molar-refractivity contribution in [3.05, 3.63) is 75.7 Å². The van der Waals surface area contributed by atoms with E-state index in [0.717, 1.165) is 27.8 Å². The third-order valence-electron chi connectivity index (χ3n) is 5.07. The topological polar surface area (TPSA) is 82.1 Å². The molecule has 0 unspecified atom stereocenters. The number of allylic oxidation sites excluding steroid dienone is 1. The maximum Gasteiger partial charge on any atom is 0.326 e. The van der Waals surface area contributed by atoms with Crippen LogP contribution >= 0.6 is 23.4 Å². The van der Waals surface area contributed by atoms with Crippen LogP contribution < -0.4 is 9.47 Å². The Balaban J connectivity index is 1.82. The van der Waals surface area contributed by atoms with Crippen LogP contribution in [0.3, 0.4) is 0 Å². The lowest BCUT2D eigenvalue weighted by Gasteiger charge is -2.16. The maximum atomic E-state index is 12.8. The number of imide groups is 1. The summed E-state index contributed by atoms with van der Waals surface area (Å²) in [4.78, 5) is 38.4. The molecule has 1 heterocycles. The second-order valence-corrected chi connectivity index (χ2v) is 9.89. The number of halogens is 1. The van der Waals surface area contributed by atoms with E-state index in [-0.39, 0.29) is 17.4 Å². The van der Waals surface area contributed by atoms with Crippen LogP contribution in [0.1, 0.15) is 30.5 Å². The Morgan fingerprint density at radius 1 is 1.19 bits per heavy atom. The summed E-state index contributed by atoms with van der Waals surface area (Å²) in [5.74, 6) is 0.0291. The number of esters is 1. The molecule has 1 aliphatic heterocycles. The molecule has 0 saturated carbocycles. The van der Waals surface area contributed by atoms with Crippen molar-refractivity contribution in [2.45, 2.75) is 26.9 Å². The minimum atomic E-state index is -0.621. The van der Waals surface area contributed by atoms with Crippen molar-refractivity contribution in [1.82, 2.24) is 4.90 Å². The van der Waals surface area contributed by atoms with Gasteiger partial charge in [-0.2, -0.15) is 0 Å². The fourth-order valence-corrected chi connectivity index (χ4v) is 4.31. The highest BCUT2D eigenvalue weighted by Gasteiger charge is 2.36. The monoisotopic (exact) mass is 529 g/mol. The van der Waals surface area contributed by atoms with Gasteiger partial charge in [0, 0.05) is 10.6 Å². The molecule has 3 rings (SSSR count). The Morgan fingerprint density at radius 2 is 1.92 bits per heavy atom. The first kappa shape index (κ1) is 27.4. The molecule has 0 radical (unpaired) electrons. The van der Waals surface area contributed by atoms with Gasteiger partial charge in [0.05, 0.1) is 18.6 Å². The van der Waals surface area contributed by atoms with Gasteiger partial charge in [-0.05, 0) is 65.6 Å². The number of amides is 2. The SMILES string of the molecule is C=CCc1cc(/C=C2\SC(=O)N(CC(=O)OCC(C)C)C2=O)cc(OC)c1OCc1ccc(Cl)cc1. The van der Waals surface area contributed by atoms with E-state index in [1.807, 2.05) is 32.0 Å². The highest BCUT2D eigenvalue weighted by molar-refractivity contribution is 8.18. The normalized spacial score (nSPS) is 14.5. The minimum absolute atomic E-state index is 0.154. The van der Waals surface area contributed by atoms with Crippen LogP contribution in [0, 0.1) is 5.92 Å². The van der Waals surface area contributed by atoms with Crippen molar-refractivity contribution in [1.29, 1.82) is 0 Å². The number of rotatable bonds is 11. The summed E-state index contributed by atoms with van der Waals surface area (Å²) < 4.78 is 16.8. The van der Waals surface area contributed by atoms with Crippen LogP contribution in [0.15, 0.2) is 54.0 Å². The third kappa shape index (κ3) is 7.15. The first-order chi connectivity index (χ1) is 17.2. The summed E-state index contributed by atoms with van der Waals surface area (Å²) in [6.45, 7) is 7.74. The first-order valence-corrected chi connectivity index (χ1v) is 12.5. The Bertz CT molecular complexity index is 1180. The van der Waals surface area contributed by atoms with E-state index in [0.29, 0.717) is 35.1 Å². The second-order valence-electron chi connectivity index (χ2n) is 8.46. The molecule has 36 heavy (non-hydrogen) atoms. The lowest BCUT2D eigenvalue weighted by Crippen LogP contribution is -2.34. The number of carbonyl (C=O) groups excluding carboxylic acids is 3. The molecule has 1 saturated heterocycles. The summed E-state index contributed by atoms with van der Waals surface area (Å²) in [6.07, 6.45) is 3.84. The van der Waals surface area contributed by atoms with Gasteiger partial charge in [-0.25, -0.2) is 0 Å². The van der Waals surface area contributed by atoms with Gasteiger partial charge in [0.1, 0.15) is 13.2 Å². The van der Waals surface area contributed by atoms with Crippen molar-refractivity contribution >= 4 is 46.6 Å². The molecule has 0 N–H and O–H groups in total. The molecule has 7 nitrogen and oxygen atoms in total. The van der Waals surface area contributed by atoms with Gasteiger partial charge in [-0.3, -0.25) is 19.3 Å². The summed E-state index contributed by atoms with van der Waals surface area (Å²) in [5, 5.41) is 0.124. The van der Waals surface area contributed by atoms with Gasteiger partial charge in [-0.15, -0.1) is 6.58 Å². The van der Waals surface area contributed by atoms with Crippen molar-refractivity contribution in [2.75, 3.05) is 20.3 Å². The van der Waals surface area contributed by atoms with E-state index >= 15 is 0 Å². The van der Waals surface area contributed by atoms with Gasteiger partial charge in [0.15, 0.2) is 11.5 Å². The number of thioether (sulfide) groups is 1. The fourth-order valence-electron chi connectivity index (χ4n) is 3.35. The van der Waals surface area contributed by atoms with Crippen LogP contribution in [0.25, 0.3) is 6.08 Å². The lowest BCUT2D eigenvalue weighted by atomic mass is 10.0. The number of ether oxygens (including phenoxy) is 3. The third-order valence-corrected chi connectivity index (χ3v) is 6.23. The maximum absolute atomic E-state index is 12.8. The van der Waals surface area contributed by atoms with E-state index in [4.69, 9.17) is 25.8 Å². The largest absolute Gasteiger partial charge is 0.493 e. The zero-order chi connectivity index (χ0) is 26.2. The van der Waals surface area contributed by atoms with Crippen LogP contribution in [0.5, 0.6) is 11.5 Å². The van der Waals surface area contributed by atoms with Crippen LogP contribution in [0.2, 0.25) is 5.02 Å². The average molecular weight is 530 g/mol. The number of hydrogen-bond donors (Lipinski definition) is 0. The number of carbonyl (C=O) groups is 3.